The average Bonchev–Trinajstić information content (AvgIpc) is 2.91. The number of hydrogen-bond donors (Lipinski definition) is 1. The molecule has 1 aliphatic heterocycles. The van der Waals surface area contributed by atoms with Crippen molar-refractivity contribution in [3.05, 3.63) is 35.9 Å². The van der Waals surface area contributed by atoms with Crippen LogP contribution in [0.2, 0.25) is 0 Å². The fraction of sp³-hybridized carbons (Fsp3) is 0.625. The lowest BCUT2D eigenvalue weighted by atomic mass is 10.1. The van der Waals surface area contributed by atoms with Crippen molar-refractivity contribution in [2.45, 2.75) is 31.9 Å². The minimum Gasteiger partial charge on any atom is -0.380 e. The second-order valence-electron chi connectivity index (χ2n) is 5.48. The van der Waals surface area contributed by atoms with Gasteiger partial charge in [0, 0.05) is 32.8 Å². The molecule has 3 heteroatoms. The van der Waals surface area contributed by atoms with Crippen LogP contribution in [0.25, 0.3) is 0 Å². The Labute approximate surface area is 116 Å². The molecule has 1 aromatic carbocycles. The van der Waals surface area contributed by atoms with Crippen LogP contribution >= 0.6 is 0 Å². The van der Waals surface area contributed by atoms with Gasteiger partial charge >= 0.3 is 0 Å². The van der Waals surface area contributed by atoms with Crippen molar-refractivity contribution in [1.82, 2.24) is 10.2 Å². The van der Waals surface area contributed by atoms with E-state index >= 15 is 0 Å². The highest BCUT2D eigenvalue weighted by Gasteiger charge is 2.21. The Morgan fingerprint density at radius 2 is 2.16 bits per heavy atom. The van der Waals surface area contributed by atoms with E-state index in [4.69, 9.17) is 4.74 Å². The van der Waals surface area contributed by atoms with Crippen LogP contribution in [0.1, 0.15) is 18.9 Å². The van der Waals surface area contributed by atoms with Gasteiger partial charge in [-0.2, -0.15) is 0 Å². The standard InChI is InChI=1S/C16H26N2O/c1-14(19-2)12-17-16-9-11-18(13-16)10-8-15-6-4-3-5-7-15/h3-7,14,16-17H,8-13H2,1-2H3. The fourth-order valence-electron chi connectivity index (χ4n) is 2.55. The Morgan fingerprint density at radius 3 is 2.89 bits per heavy atom. The van der Waals surface area contributed by atoms with Crippen molar-refractivity contribution in [3.63, 3.8) is 0 Å². The number of likely N-dealkylation sites (tertiary alicyclic amines) is 1. The third-order valence-corrected chi connectivity index (χ3v) is 3.93. The van der Waals surface area contributed by atoms with Crippen LogP contribution in [-0.4, -0.2) is 50.3 Å². The summed E-state index contributed by atoms with van der Waals surface area (Å²) in [7, 11) is 1.77. The maximum absolute atomic E-state index is 5.27. The number of hydrogen-bond acceptors (Lipinski definition) is 3. The maximum atomic E-state index is 5.27. The second-order valence-corrected chi connectivity index (χ2v) is 5.48. The summed E-state index contributed by atoms with van der Waals surface area (Å²) in [6.07, 6.45) is 2.71. The first-order valence-electron chi connectivity index (χ1n) is 7.30. The number of methoxy groups -OCH3 is 1. The summed E-state index contributed by atoms with van der Waals surface area (Å²) in [6.45, 7) is 6.61. The van der Waals surface area contributed by atoms with Crippen LogP contribution in [0.15, 0.2) is 30.3 Å². The van der Waals surface area contributed by atoms with Crippen LogP contribution in [0, 0.1) is 0 Å². The van der Waals surface area contributed by atoms with Gasteiger partial charge in [-0.1, -0.05) is 30.3 Å². The molecule has 0 amide bonds. The third-order valence-electron chi connectivity index (χ3n) is 3.93. The van der Waals surface area contributed by atoms with E-state index in [0.717, 1.165) is 13.0 Å². The Morgan fingerprint density at radius 1 is 1.37 bits per heavy atom. The summed E-state index contributed by atoms with van der Waals surface area (Å²) in [4.78, 5) is 2.56. The number of nitrogens with one attached hydrogen (secondary N) is 1. The van der Waals surface area contributed by atoms with Gasteiger partial charge < -0.3 is 15.0 Å². The lowest BCUT2D eigenvalue weighted by Crippen LogP contribution is -2.37. The zero-order valence-corrected chi connectivity index (χ0v) is 12.1. The molecule has 2 rings (SSSR count). The van der Waals surface area contributed by atoms with Crippen LogP contribution in [-0.2, 0) is 11.2 Å². The van der Waals surface area contributed by atoms with Gasteiger partial charge in [-0.3, -0.25) is 0 Å². The van der Waals surface area contributed by atoms with E-state index in [2.05, 4.69) is 47.5 Å². The molecule has 0 radical (unpaired) electrons. The molecule has 1 fully saturated rings. The summed E-state index contributed by atoms with van der Waals surface area (Å²) < 4.78 is 5.27. The zero-order valence-electron chi connectivity index (χ0n) is 12.1. The van der Waals surface area contributed by atoms with Gasteiger partial charge in [0.25, 0.3) is 0 Å². The molecular formula is C16H26N2O. The van der Waals surface area contributed by atoms with Crippen molar-refractivity contribution < 1.29 is 4.74 Å². The molecule has 1 saturated heterocycles. The first-order valence-corrected chi connectivity index (χ1v) is 7.30. The topological polar surface area (TPSA) is 24.5 Å². The predicted molar refractivity (Wildman–Crippen MR) is 79.5 cm³/mol. The lowest BCUT2D eigenvalue weighted by Gasteiger charge is -2.18. The zero-order chi connectivity index (χ0) is 13.5. The van der Waals surface area contributed by atoms with Crippen LogP contribution in [0.5, 0.6) is 0 Å². The molecule has 1 aromatic rings. The predicted octanol–water partition coefficient (Wildman–Crippen LogP) is 1.93. The van der Waals surface area contributed by atoms with Gasteiger partial charge in [-0.25, -0.2) is 0 Å². The molecule has 1 heterocycles. The van der Waals surface area contributed by atoms with Crippen LogP contribution < -0.4 is 5.32 Å². The van der Waals surface area contributed by atoms with E-state index in [-0.39, 0.29) is 0 Å². The van der Waals surface area contributed by atoms with Gasteiger partial charge in [-0.05, 0) is 31.9 Å². The van der Waals surface area contributed by atoms with Crippen molar-refractivity contribution >= 4 is 0 Å². The normalized spacial score (nSPS) is 21.7. The van der Waals surface area contributed by atoms with Crippen molar-refractivity contribution in [1.29, 1.82) is 0 Å². The van der Waals surface area contributed by atoms with E-state index in [0.29, 0.717) is 12.1 Å². The SMILES string of the molecule is COC(C)CNC1CCN(CCc2ccccc2)C1. The van der Waals surface area contributed by atoms with E-state index in [1.54, 1.807) is 7.11 Å². The fourth-order valence-corrected chi connectivity index (χ4v) is 2.55. The minimum absolute atomic E-state index is 0.304. The van der Waals surface area contributed by atoms with Crippen molar-refractivity contribution in [2.24, 2.45) is 0 Å². The van der Waals surface area contributed by atoms with Crippen molar-refractivity contribution in [3.8, 4) is 0 Å². The summed E-state index contributed by atoms with van der Waals surface area (Å²) in [5, 5.41) is 3.59. The summed E-state index contributed by atoms with van der Waals surface area (Å²) in [5.74, 6) is 0. The monoisotopic (exact) mass is 262 g/mol. The molecule has 0 spiro atoms. The quantitative estimate of drug-likeness (QED) is 0.812. The molecule has 2 unspecified atom stereocenters. The molecule has 1 N–H and O–H groups in total. The van der Waals surface area contributed by atoms with E-state index in [1.807, 2.05) is 0 Å². The molecule has 106 valence electrons. The molecular weight excluding hydrogens is 236 g/mol. The average molecular weight is 262 g/mol. The molecule has 2 atom stereocenters. The van der Waals surface area contributed by atoms with Gasteiger partial charge in [0.15, 0.2) is 0 Å². The Kier molecular flexibility index (Phi) is 5.83. The molecule has 0 bridgehead atoms. The summed E-state index contributed by atoms with van der Waals surface area (Å²) in [6, 6.07) is 11.4. The molecule has 1 aliphatic rings. The van der Waals surface area contributed by atoms with E-state index in [1.165, 1.54) is 31.6 Å². The van der Waals surface area contributed by atoms with Gasteiger partial charge in [0.05, 0.1) is 6.10 Å². The molecule has 0 saturated carbocycles. The van der Waals surface area contributed by atoms with Crippen molar-refractivity contribution in [2.75, 3.05) is 33.3 Å². The largest absolute Gasteiger partial charge is 0.380 e. The molecule has 19 heavy (non-hydrogen) atoms. The molecule has 3 nitrogen and oxygen atoms in total. The highest BCUT2D eigenvalue weighted by molar-refractivity contribution is 5.14. The van der Waals surface area contributed by atoms with Gasteiger partial charge in [0.2, 0.25) is 0 Å². The number of benzene rings is 1. The second kappa shape index (κ2) is 7.63. The summed E-state index contributed by atoms with van der Waals surface area (Å²) in [5.41, 5.74) is 1.44. The Balaban J connectivity index is 1.65. The van der Waals surface area contributed by atoms with E-state index in [9.17, 15) is 0 Å². The minimum atomic E-state index is 0.304. The van der Waals surface area contributed by atoms with Gasteiger partial charge in [-0.15, -0.1) is 0 Å². The first kappa shape index (κ1) is 14.5. The molecule has 0 aromatic heterocycles. The van der Waals surface area contributed by atoms with Crippen LogP contribution in [0.3, 0.4) is 0 Å². The summed E-state index contributed by atoms with van der Waals surface area (Å²) >= 11 is 0. The van der Waals surface area contributed by atoms with Crippen LogP contribution in [0.4, 0.5) is 0 Å². The Hall–Kier alpha value is -0.900. The number of ether oxygens (including phenoxy) is 1. The first-order chi connectivity index (χ1) is 9.28. The Bertz CT molecular complexity index is 355. The lowest BCUT2D eigenvalue weighted by molar-refractivity contribution is 0.114. The highest BCUT2D eigenvalue weighted by Crippen LogP contribution is 2.10. The van der Waals surface area contributed by atoms with Gasteiger partial charge in [0.1, 0.15) is 0 Å². The number of rotatable bonds is 7. The van der Waals surface area contributed by atoms with E-state index < -0.39 is 0 Å². The number of nitrogens with zero attached hydrogens (tertiary/aromatic N) is 1. The maximum Gasteiger partial charge on any atom is 0.0667 e. The molecule has 0 aliphatic carbocycles. The highest BCUT2D eigenvalue weighted by atomic mass is 16.5. The smallest absolute Gasteiger partial charge is 0.0667 e. The third kappa shape index (κ3) is 4.94.